The van der Waals surface area contributed by atoms with Gasteiger partial charge in [0.05, 0.1) is 11.5 Å². The molecule has 0 aliphatic carbocycles. The molecule has 0 aliphatic heterocycles. The van der Waals surface area contributed by atoms with E-state index in [9.17, 15) is 16.8 Å². The van der Waals surface area contributed by atoms with Crippen LogP contribution in [0.4, 0.5) is 0 Å². The average Bonchev–Trinajstić information content (AvgIpc) is 2.64. The smallest absolute Gasteiger partial charge is 0.323 e. The summed E-state index contributed by atoms with van der Waals surface area (Å²) < 4.78 is 57.1. The van der Waals surface area contributed by atoms with Gasteiger partial charge in [-0.1, -0.05) is 41.3 Å². The van der Waals surface area contributed by atoms with Gasteiger partial charge in [-0.05, 0) is 44.0 Å². The van der Waals surface area contributed by atoms with E-state index in [0.29, 0.717) is 0 Å². The van der Waals surface area contributed by atoms with E-state index >= 15 is 0 Å². The minimum absolute atomic E-state index is 0.00456. The molecule has 0 aromatic heterocycles. The minimum atomic E-state index is -3.97. The lowest BCUT2D eigenvalue weighted by molar-refractivity contribution is 0.326. The molecular formula is C20H18O6S2. The van der Waals surface area contributed by atoms with Crippen molar-refractivity contribution in [3.8, 4) is 23.9 Å². The number of rotatable bonds is 6. The van der Waals surface area contributed by atoms with Crippen LogP contribution in [0.5, 0.6) is 0 Å². The Morgan fingerprint density at radius 1 is 0.750 bits per heavy atom. The Kier molecular flexibility index (Phi) is 7.24. The second-order valence-corrected chi connectivity index (χ2v) is 8.88. The summed E-state index contributed by atoms with van der Waals surface area (Å²) in [6, 6.07) is 12.4. The van der Waals surface area contributed by atoms with E-state index in [1.807, 2.05) is 20.0 Å². The summed E-state index contributed by atoms with van der Waals surface area (Å²) in [7, 11) is -7.81. The molecule has 2 aromatic rings. The third-order valence-corrected chi connectivity index (χ3v) is 5.92. The molecule has 0 radical (unpaired) electrons. The van der Waals surface area contributed by atoms with Gasteiger partial charge in [0.1, 0.15) is 11.0 Å². The third kappa shape index (κ3) is 6.43. The Labute approximate surface area is 165 Å². The number of hydrogen-bond acceptors (Lipinski definition) is 6. The summed E-state index contributed by atoms with van der Waals surface area (Å²) in [6.07, 6.45) is 2.11. The number of benzene rings is 2. The summed E-state index contributed by atoms with van der Waals surface area (Å²) in [4.78, 5) is 0.0654. The fraction of sp³-hybridized carbons (Fsp3) is 0.200. The van der Waals surface area contributed by atoms with Crippen molar-refractivity contribution < 1.29 is 25.2 Å². The zero-order valence-corrected chi connectivity index (χ0v) is 16.9. The second kappa shape index (κ2) is 9.43. The van der Waals surface area contributed by atoms with E-state index < -0.39 is 20.2 Å². The van der Waals surface area contributed by atoms with Crippen LogP contribution < -0.4 is 0 Å². The molecule has 0 amide bonds. The van der Waals surface area contributed by atoms with Crippen molar-refractivity contribution >= 4 is 20.2 Å². The largest absolute Gasteiger partial charge is 0.347 e. The van der Waals surface area contributed by atoms with Crippen LogP contribution in [0.25, 0.3) is 0 Å². The molecule has 0 bridgehead atoms. The zero-order valence-electron chi connectivity index (χ0n) is 15.3. The van der Waals surface area contributed by atoms with E-state index in [-0.39, 0.29) is 22.8 Å². The maximum absolute atomic E-state index is 12.0. The first kappa shape index (κ1) is 21.5. The monoisotopic (exact) mass is 418 g/mol. The van der Waals surface area contributed by atoms with Gasteiger partial charge in [0, 0.05) is 12.3 Å². The van der Waals surface area contributed by atoms with Gasteiger partial charge in [0.25, 0.3) is 10.1 Å². The first-order chi connectivity index (χ1) is 13.2. The Morgan fingerprint density at radius 2 is 1.25 bits per heavy atom. The van der Waals surface area contributed by atoms with Crippen LogP contribution in [0.15, 0.2) is 58.3 Å². The van der Waals surface area contributed by atoms with Crippen molar-refractivity contribution in [2.24, 2.45) is 0 Å². The van der Waals surface area contributed by atoms with Crippen LogP contribution in [0.1, 0.15) is 17.5 Å². The van der Waals surface area contributed by atoms with Gasteiger partial charge < -0.3 is 4.18 Å². The van der Waals surface area contributed by atoms with E-state index in [4.69, 9.17) is 4.18 Å². The molecule has 2 rings (SSSR count). The molecule has 0 saturated carbocycles. The second-order valence-electron chi connectivity index (χ2n) is 5.72. The van der Waals surface area contributed by atoms with Gasteiger partial charge in [-0.15, -0.1) is 0 Å². The first-order valence-electron chi connectivity index (χ1n) is 8.15. The number of hydrogen-bond donors (Lipinski definition) is 0. The molecule has 6 nitrogen and oxygen atoms in total. The predicted molar refractivity (Wildman–Crippen MR) is 104 cm³/mol. The fourth-order valence-electron chi connectivity index (χ4n) is 1.94. The normalized spacial score (nSPS) is 10.9. The van der Waals surface area contributed by atoms with Gasteiger partial charge in [0.15, 0.2) is 0 Å². The van der Waals surface area contributed by atoms with Gasteiger partial charge >= 0.3 is 10.1 Å². The molecule has 0 heterocycles. The van der Waals surface area contributed by atoms with E-state index in [1.165, 1.54) is 24.3 Å². The maximum atomic E-state index is 12.0. The van der Waals surface area contributed by atoms with Crippen molar-refractivity contribution in [2.75, 3.05) is 6.61 Å². The standard InChI is InChI=1S/C20H18O6S2/c1-17-7-11-19(12-8-17)27(21,22)25-15-5-3-4-6-16-26-28(23,24)20-13-9-18(2)10-14-20/h7-14H,5,15H2,1-2H3. The molecule has 146 valence electrons. The molecule has 8 heteroatoms. The summed E-state index contributed by atoms with van der Waals surface area (Å²) in [5, 5.41) is 0. The summed E-state index contributed by atoms with van der Waals surface area (Å²) in [6.45, 7) is 3.54. The molecule has 0 saturated heterocycles. The van der Waals surface area contributed by atoms with Gasteiger partial charge in [-0.3, -0.25) is 4.18 Å². The van der Waals surface area contributed by atoms with Crippen LogP contribution in [0, 0.1) is 37.7 Å². The third-order valence-electron chi connectivity index (χ3n) is 3.44. The van der Waals surface area contributed by atoms with Crippen molar-refractivity contribution in [2.45, 2.75) is 30.1 Å². The molecule has 0 unspecified atom stereocenters. The summed E-state index contributed by atoms with van der Waals surface area (Å²) >= 11 is 0. The Hall–Kier alpha value is -2.78. The molecule has 28 heavy (non-hydrogen) atoms. The van der Waals surface area contributed by atoms with E-state index in [1.54, 1.807) is 24.3 Å². The highest BCUT2D eigenvalue weighted by atomic mass is 32.2. The Morgan fingerprint density at radius 3 is 1.79 bits per heavy atom. The van der Waals surface area contributed by atoms with Crippen LogP contribution >= 0.6 is 0 Å². The maximum Gasteiger partial charge on any atom is 0.347 e. The van der Waals surface area contributed by atoms with Gasteiger partial charge in [-0.25, -0.2) is 0 Å². The Balaban J connectivity index is 1.83. The molecular weight excluding hydrogens is 400 g/mol. The molecule has 0 N–H and O–H groups in total. The predicted octanol–water partition coefficient (Wildman–Crippen LogP) is 2.77. The zero-order chi connectivity index (χ0) is 20.6. The SMILES string of the molecule is Cc1ccc(S(=O)(=O)OC#CC#CCCOS(=O)(=O)c2ccc(C)cc2)cc1. The highest BCUT2D eigenvalue weighted by molar-refractivity contribution is 7.87. The fourth-order valence-corrected chi connectivity index (χ4v) is 3.56. The van der Waals surface area contributed by atoms with Crippen LogP contribution in [0.2, 0.25) is 0 Å². The van der Waals surface area contributed by atoms with Crippen molar-refractivity contribution in [1.82, 2.24) is 0 Å². The lowest BCUT2D eigenvalue weighted by Crippen LogP contribution is -2.07. The Bertz CT molecular complexity index is 1140. The van der Waals surface area contributed by atoms with Crippen LogP contribution in [-0.2, 0) is 28.6 Å². The molecule has 2 aromatic carbocycles. The van der Waals surface area contributed by atoms with Crippen molar-refractivity contribution in [3.05, 3.63) is 59.7 Å². The quantitative estimate of drug-likeness (QED) is 0.407. The van der Waals surface area contributed by atoms with Crippen LogP contribution in [-0.4, -0.2) is 23.4 Å². The van der Waals surface area contributed by atoms with Gasteiger partial charge in [0.2, 0.25) is 0 Å². The van der Waals surface area contributed by atoms with Crippen molar-refractivity contribution in [1.29, 1.82) is 0 Å². The van der Waals surface area contributed by atoms with Crippen LogP contribution in [0.3, 0.4) is 0 Å². The highest BCUT2D eigenvalue weighted by Gasteiger charge is 2.14. The molecule has 0 aliphatic rings. The minimum Gasteiger partial charge on any atom is -0.323 e. The van der Waals surface area contributed by atoms with E-state index in [0.717, 1.165) is 11.1 Å². The van der Waals surface area contributed by atoms with Crippen molar-refractivity contribution in [3.63, 3.8) is 0 Å². The summed E-state index contributed by atoms with van der Waals surface area (Å²) in [5.41, 5.74) is 1.86. The van der Waals surface area contributed by atoms with E-state index in [2.05, 4.69) is 21.9 Å². The molecule has 0 atom stereocenters. The molecule has 0 spiro atoms. The van der Waals surface area contributed by atoms with Gasteiger partial charge in [-0.2, -0.15) is 16.8 Å². The highest BCUT2D eigenvalue weighted by Crippen LogP contribution is 2.13. The average molecular weight is 418 g/mol. The topological polar surface area (TPSA) is 86.7 Å². The molecule has 0 fully saturated rings. The first-order valence-corrected chi connectivity index (χ1v) is 11.0. The number of aryl methyl sites for hydroxylation is 2. The lowest BCUT2D eigenvalue weighted by atomic mass is 10.2. The summed E-state index contributed by atoms with van der Waals surface area (Å²) in [5.74, 6) is 7.18. The lowest BCUT2D eigenvalue weighted by Gasteiger charge is -2.03.